The van der Waals surface area contributed by atoms with Crippen molar-refractivity contribution < 1.29 is 14.6 Å². The van der Waals surface area contributed by atoms with E-state index in [0.717, 1.165) is 5.69 Å². The van der Waals surface area contributed by atoms with Gasteiger partial charge in [0.2, 0.25) is 0 Å². The Morgan fingerprint density at radius 1 is 1.40 bits per heavy atom. The van der Waals surface area contributed by atoms with Crippen molar-refractivity contribution in [2.75, 3.05) is 46.5 Å². The van der Waals surface area contributed by atoms with Crippen molar-refractivity contribution in [1.82, 2.24) is 24.8 Å². The lowest BCUT2D eigenvalue weighted by molar-refractivity contribution is -0.0112. The molecule has 3 rings (SSSR count). The Kier molecular flexibility index (Phi) is 5.75. The molecular formula is C17H23N5O3. The molecule has 0 bridgehead atoms. The van der Waals surface area contributed by atoms with Crippen LogP contribution in [-0.4, -0.2) is 88.4 Å². The number of morpholine rings is 1. The minimum Gasteiger partial charge on any atom is -0.395 e. The number of hydrogen-bond donors (Lipinski definition) is 1. The number of carbonyl (C=O) groups is 1. The number of aliphatic hydroxyl groups excluding tert-OH is 1. The van der Waals surface area contributed by atoms with Crippen molar-refractivity contribution in [3.05, 3.63) is 42.2 Å². The number of hydrogen-bond acceptors (Lipinski definition) is 6. The van der Waals surface area contributed by atoms with Crippen LogP contribution in [0.4, 0.5) is 0 Å². The van der Waals surface area contributed by atoms with E-state index < -0.39 is 0 Å². The Hall–Kier alpha value is -2.29. The van der Waals surface area contributed by atoms with Crippen molar-refractivity contribution in [3.63, 3.8) is 0 Å². The van der Waals surface area contributed by atoms with Crippen molar-refractivity contribution in [3.8, 4) is 5.69 Å². The molecule has 1 saturated heterocycles. The quantitative estimate of drug-likeness (QED) is 0.795. The largest absolute Gasteiger partial charge is 0.395 e. The number of amides is 1. The molecule has 1 aliphatic heterocycles. The van der Waals surface area contributed by atoms with Gasteiger partial charge in [0.05, 0.1) is 37.7 Å². The van der Waals surface area contributed by atoms with Gasteiger partial charge in [-0.1, -0.05) is 18.2 Å². The molecular weight excluding hydrogens is 322 g/mol. The first-order valence-electron chi connectivity index (χ1n) is 8.35. The van der Waals surface area contributed by atoms with Crippen LogP contribution in [0.2, 0.25) is 0 Å². The number of aromatic nitrogens is 3. The number of para-hydroxylation sites is 1. The van der Waals surface area contributed by atoms with Crippen LogP contribution in [-0.2, 0) is 4.74 Å². The molecule has 0 unspecified atom stereocenters. The summed E-state index contributed by atoms with van der Waals surface area (Å²) in [5.74, 6) is -0.145. The second-order valence-electron chi connectivity index (χ2n) is 6.07. The van der Waals surface area contributed by atoms with Gasteiger partial charge in [-0.25, -0.2) is 0 Å². The van der Waals surface area contributed by atoms with E-state index in [0.29, 0.717) is 38.5 Å². The summed E-state index contributed by atoms with van der Waals surface area (Å²) in [6, 6.07) is 9.41. The smallest absolute Gasteiger partial charge is 0.276 e. The van der Waals surface area contributed by atoms with E-state index in [1.165, 1.54) is 11.0 Å². The Morgan fingerprint density at radius 3 is 2.96 bits per heavy atom. The number of rotatable bonds is 6. The Morgan fingerprint density at radius 2 is 2.20 bits per heavy atom. The van der Waals surface area contributed by atoms with Crippen LogP contribution in [0.3, 0.4) is 0 Å². The summed E-state index contributed by atoms with van der Waals surface area (Å²) in [6.07, 6.45) is 1.50. The highest BCUT2D eigenvalue weighted by atomic mass is 16.5. The number of carbonyl (C=O) groups excluding carboxylic acids is 1. The average molecular weight is 345 g/mol. The summed E-state index contributed by atoms with van der Waals surface area (Å²) >= 11 is 0. The fraction of sp³-hybridized carbons (Fsp3) is 0.471. The first kappa shape index (κ1) is 17.5. The van der Waals surface area contributed by atoms with Crippen LogP contribution in [0.5, 0.6) is 0 Å². The predicted molar refractivity (Wildman–Crippen MR) is 91.6 cm³/mol. The van der Waals surface area contributed by atoms with Crippen LogP contribution >= 0.6 is 0 Å². The molecule has 1 N–H and O–H groups in total. The van der Waals surface area contributed by atoms with E-state index in [9.17, 15) is 4.79 Å². The lowest BCUT2D eigenvalue weighted by Crippen LogP contribution is -2.53. The number of likely N-dealkylation sites (N-methyl/N-ethyl adjacent to an activating group) is 1. The van der Waals surface area contributed by atoms with E-state index in [1.807, 2.05) is 42.3 Å². The summed E-state index contributed by atoms with van der Waals surface area (Å²) in [5, 5.41) is 17.6. The summed E-state index contributed by atoms with van der Waals surface area (Å²) in [6.45, 7) is 2.80. The summed E-state index contributed by atoms with van der Waals surface area (Å²) in [5.41, 5.74) is 1.13. The highest BCUT2D eigenvalue weighted by Crippen LogP contribution is 2.13. The minimum absolute atomic E-state index is 0.0697. The number of ether oxygens (including phenoxy) is 1. The zero-order valence-electron chi connectivity index (χ0n) is 14.3. The standard InChI is InChI=1S/C17H23N5O3/c1-20(7-9-23)12-15-13-25-10-8-21(15)17(24)16-11-18-22(19-16)14-5-3-2-4-6-14/h2-6,11,15,23H,7-10,12-13H2,1H3/t15-/m0/s1. The number of nitrogens with zero attached hydrogens (tertiary/aromatic N) is 5. The maximum absolute atomic E-state index is 12.9. The summed E-state index contributed by atoms with van der Waals surface area (Å²) in [4.78, 5) is 18.1. The number of benzene rings is 1. The van der Waals surface area contributed by atoms with Crippen LogP contribution in [0.1, 0.15) is 10.5 Å². The second kappa shape index (κ2) is 8.19. The van der Waals surface area contributed by atoms with E-state index >= 15 is 0 Å². The predicted octanol–water partition coefficient (Wildman–Crippen LogP) is 0.0324. The van der Waals surface area contributed by atoms with Crippen LogP contribution in [0.15, 0.2) is 36.5 Å². The van der Waals surface area contributed by atoms with E-state index in [4.69, 9.17) is 9.84 Å². The third-order valence-corrected chi connectivity index (χ3v) is 4.19. The molecule has 1 amide bonds. The third kappa shape index (κ3) is 4.22. The Balaban J connectivity index is 1.73. The van der Waals surface area contributed by atoms with Crippen LogP contribution < -0.4 is 0 Å². The first-order valence-corrected chi connectivity index (χ1v) is 8.35. The van der Waals surface area contributed by atoms with E-state index in [-0.39, 0.29) is 18.6 Å². The molecule has 25 heavy (non-hydrogen) atoms. The molecule has 1 aromatic heterocycles. The van der Waals surface area contributed by atoms with Crippen molar-refractivity contribution in [2.45, 2.75) is 6.04 Å². The van der Waals surface area contributed by atoms with E-state index in [1.54, 1.807) is 4.90 Å². The normalized spacial score (nSPS) is 17.9. The average Bonchev–Trinajstić information content (AvgIpc) is 3.13. The number of aliphatic hydroxyl groups is 1. The molecule has 2 aromatic rings. The SMILES string of the molecule is CN(CCO)C[C@H]1COCCN1C(=O)c1cnn(-c2ccccc2)n1. The Labute approximate surface area is 146 Å². The fourth-order valence-electron chi connectivity index (χ4n) is 2.89. The van der Waals surface area contributed by atoms with Gasteiger partial charge in [-0.15, -0.1) is 5.10 Å². The van der Waals surface area contributed by atoms with Gasteiger partial charge < -0.3 is 19.6 Å². The van der Waals surface area contributed by atoms with Gasteiger partial charge in [0, 0.05) is 19.6 Å². The molecule has 2 heterocycles. The van der Waals surface area contributed by atoms with Gasteiger partial charge in [0.25, 0.3) is 5.91 Å². The summed E-state index contributed by atoms with van der Waals surface area (Å²) < 4.78 is 5.53. The molecule has 1 atom stereocenters. The van der Waals surface area contributed by atoms with Gasteiger partial charge in [0.1, 0.15) is 0 Å². The zero-order chi connectivity index (χ0) is 17.6. The fourth-order valence-corrected chi connectivity index (χ4v) is 2.89. The van der Waals surface area contributed by atoms with Gasteiger partial charge in [0.15, 0.2) is 5.69 Å². The molecule has 8 heteroatoms. The molecule has 0 saturated carbocycles. The van der Waals surface area contributed by atoms with Gasteiger partial charge in [-0.05, 0) is 19.2 Å². The van der Waals surface area contributed by atoms with Gasteiger partial charge in [-0.2, -0.15) is 9.90 Å². The summed E-state index contributed by atoms with van der Waals surface area (Å²) in [7, 11) is 1.92. The monoisotopic (exact) mass is 345 g/mol. The lowest BCUT2D eigenvalue weighted by atomic mass is 10.2. The maximum atomic E-state index is 12.9. The van der Waals surface area contributed by atoms with Crippen molar-refractivity contribution in [2.24, 2.45) is 0 Å². The van der Waals surface area contributed by atoms with Gasteiger partial charge in [-0.3, -0.25) is 4.79 Å². The second-order valence-corrected chi connectivity index (χ2v) is 6.07. The highest BCUT2D eigenvalue weighted by Gasteiger charge is 2.30. The molecule has 0 radical (unpaired) electrons. The third-order valence-electron chi connectivity index (χ3n) is 4.19. The van der Waals surface area contributed by atoms with E-state index in [2.05, 4.69) is 10.2 Å². The Bertz CT molecular complexity index is 691. The lowest BCUT2D eigenvalue weighted by Gasteiger charge is -2.37. The minimum atomic E-state index is -0.145. The van der Waals surface area contributed by atoms with Crippen molar-refractivity contribution in [1.29, 1.82) is 0 Å². The van der Waals surface area contributed by atoms with Crippen LogP contribution in [0.25, 0.3) is 5.69 Å². The molecule has 0 aliphatic carbocycles. The topological polar surface area (TPSA) is 83.7 Å². The van der Waals surface area contributed by atoms with Crippen molar-refractivity contribution >= 4 is 5.91 Å². The van der Waals surface area contributed by atoms with Gasteiger partial charge >= 0.3 is 0 Å². The molecule has 1 fully saturated rings. The maximum Gasteiger partial charge on any atom is 0.276 e. The molecule has 134 valence electrons. The molecule has 8 nitrogen and oxygen atoms in total. The molecule has 1 aliphatic rings. The zero-order valence-corrected chi connectivity index (χ0v) is 14.3. The molecule has 0 spiro atoms. The first-order chi connectivity index (χ1) is 12.2. The highest BCUT2D eigenvalue weighted by molar-refractivity contribution is 5.92. The van der Waals surface area contributed by atoms with Crippen LogP contribution in [0, 0.1) is 0 Å². The molecule has 1 aromatic carbocycles.